The van der Waals surface area contributed by atoms with Crippen molar-refractivity contribution in [1.82, 2.24) is 20.1 Å². The van der Waals surface area contributed by atoms with E-state index in [1.165, 1.54) is 23.7 Å². The number of nitrogens with zero attached hydrogens (tertiary/aromatic N) is 3. The van der Waals surface area contributed by atoms with Crippen LogP contribution in [0.1, 0.15) is 33.3 Å². The Labute approximate surface area is 146 Å². The number of amides is 1. The summed E-state index contributed by atoms with van der Waals surface area (Å²) in [5, 5.41) is 6.21. The number of hydrogen-bond acceptors (Lipinski definition) is 4. The monoisotopic (exact) mass is 364 g/mol. The number of furan rings is 1. The van der Waals surface area contributed by atoms with Gasteiger partial charge in [0.25, 0.3) is 5.91 Å². The number of halogens is 3. The fourth-order valence-corrected chi connectivity index (χ4v) is 2.31. The molecule has 0 bridgehead atoms. The van der Waals surface area contributed by atoms with Crippen LogP contribution in [0.25, 0.3) is 0 Å². The van der Waals surface area contributed by atoms with Gasteiger partial charge in [0.1, 0.15) is 5.76 Å². The van der Waals surface area contributed by atoms with Crippen molar-refractivity contribution in [3.8, 4) is 0 Å². The van der Waals surface area contributed by atoms with E-state index in [4.69, 9.17) is 4.42 Å². The molecule has 3 aromatic rings. The molecule has 0 radical (unpaired) electrons. The van der Waals surface area contributed by atoms with Crippen LogP contribution in [0.3, 0.4) is 0 Å². The highest BCUT2D eigenvalue weighted by Crippen LogP contribution is 2.28. The molecule has 1 N–H and O–H groups in total. The van der Waals surface area contributed by atoms with E-state index in [2.05, 4.69) is 15.4 Å². The molecule has 0 saturated carbocycles. The molecule has 0 aromatic carbocycles. The second-order valence-electron chi connectivity index (χ2n) is 5.64. The van der Waals surface area contributed by atoms with Crippen molar-refractivity contribution in [3.63, 3.8) is 0 Å². The summed E-state index contributed by atoms with van der Waals surface area (Å²) in [6, 6.07) is 7.54. The fourth-order valence-electron chi connectivity index (χ4n) is 2.31. The third-order valence-corrected chi connectivity index (χ3v) is 3.64. The summed E-state index contributed by atoms with van der Waals surface area (Å²) in [6.07, 6.45) is -1.24. The molecule has 0 aliphatic carbocycles. The molecule has 0 aliphatic rings. The molecule has 136 valence electrons. The van der Waals surface area contributed by atoms with Gasteiger partial charge in [0.2, 0.25) is 0 Å². The zero-order chi connectivity index (χ0) is 18.7. The van der Waals surface area contributed by atoms with Crippen molar-refractivity contribution in [2.45, 2.75) is 26.2 Å². The number of hydrogen-bond donors (Lipinski definition) is 1. The highest BCUT2D eigenvalue weighted by molar-refractivity contribution is 5.91. The van der Waals surface area contributed by atoms with Crippen LogP contribution in [0.4, 0.5) is 13.2 Å². The van der Waals surface area contributed by atoms with Crippen LogP contribution in [0, 0.1) is 6.92 Å². The van der Waals surface area contributed by atoms with E-state index in [1.54, 1.807) is 18.5 Å². The molecule has 0 aliphatic heterocycles. The van der Waals surface area contributed by atoms with E-state index in [-0.39, 0.29) is 18.8 Å². The van der Waals surface area contributed by atoms with Gasteiger partial charge >= 0.3 is 6.18 Å². The lowest BCUT2D eigenvalue weighted by Crippen LogP contribution is -2.22. The van der Waals surface area contributed by atoms with E-state index in [0.29, 0.717) is 11.5 Å². The van der Waals surface area contributed by atoms with Gasteiger partial charge in [0.15, 0.2) is 11.5 Å². The minimum atomic E-state index is -4.50. The molecule has 0 fully saturated rings. The maximum absolute atomic E-state index is 12.7. The van der Waals surface area contributed by atoms with Gasteiger partial charge < -0.3 is 9.73 Å². The van der Waals surface area contributed by atoms with Gasteiger partial charge in [-0.1, -0.05) is 6.07 Å². The van der Waals surface area contributed by atoms with Crippen LogP contribution in [0.15, 0.2) is 47.1 Å². The Kier molecular flexibility index (Phi) is 4.79. The van der Waals surface area contributed by atoms with Gasteiger partial charge in [0.05, 0.1) is 6.54 Å². The van der Waals surface area contributed by atoms with Crippen molar-refractivity contribution in [3.05, 3.63) is 71.2 Å². The number of carbonyl (C=O) groups excluding carboxylic acids is 1. The highest BCUT2D eigenvalue weighted by atomic mass is 19.4. The Bertz CT molecular complexity index is 900. The number of aromatic nitrogens is 3. The van der Waals surface area contributed by atoms with E-state index in [9.17, 15) is 18.0 Å². The molecule has 1 amide bonds. The van der Waals surface area contributed by atoms with Crippen LogP contribution in [0.2, 0.25) is 0 Å². The first kappa shape index (κ1) is 17.7. The number of alkyl halides is 3. The summed E-state index contributed by atoms with van der Waals surface area (Å²) in [4.78, 5) is 16.0. The molecule has 3 rings (SSSR count). The summed E-state index contributed by atoms with van der Waals surface area (Å²) in [7, 11) is 0. The first-order valence-corrected chi connectivity index (χ1v) is 7.70. The SMILES string of the molecule is Cc1cc(C(F)(F)F)nn1Cc1ccc(C(=O)NCc2cccnc2)o1. The van der Waals surface area contributed by atoms with Crippen LogP contribution < -0.4 is 5.32 Å². The van der Waals surface area contributed by atoms with Gasteiger partial charge in [-0.25, -0.2) is 0 Å². The number of aryl methyl sites for hydroxylation is 1. The second kappa shape index (κ2) is 7.03. The van der Waals surface area contributed by atoms with Crippen molar-refractivity contribution >= 4 is 5.91 Å². The first-order chi connectivity index (χ1) is 12.3. The van der Waals surface area contributed by atoms with Gasteiger partial charge in [0, 0.05) is 24.6 Å². The third kappa shape index (κ3) is 4.11. The molecule has 3 aromatic heterocycles. The lowest BCUT2D eigenvalue weighted by Gasteiger charge is -2.04. The minimum Gasteiger partial charge on any atom is -0.454 e. The zero-order valence-corrected chi connectivity index (χ0v) is 13.7. The lowest BCUT2D eigenvalue weighted by atomic mass is 10.3. The van der Waals surface area contributed by atoms with Crippen molar-refractivity contribution in [1.29, 1.82) is 0 Å². The molecule has 0 spiro atoms. The molecule has 26 heavy (non-hydrogen) atoms. The first-order valence-electron chi connectivity index (χ1n) is 7.70. The number of pyridine rings is 1. The average Bonchev–Trinajstić information content (AvgIpc) is 3.21. The van der Waals surface area contributed by atoms with Gasteiger partial charge in [-0.2, -0.15) is 18.3 Å². The van der Waals surface area contributed by atoms with Crippen LogP contribution >= 0.6 is 0 Å². The van der Waals surface area contributed by atoms with E-state index in [0.717, 1.165) is 11.6 Å². The summed E-state index contributed by atoms with van der Waals surface area (Å²) in [5.74, 6) is -0.0190. The van der Waals surface area contributed by atoms with Crippen molar-refractivity contribution < 1.29 is 22.4 Å². The molecule has 6 nitrogen and oxygen atoms in total. The molecular formula is C17H15F3N4O2. The maximum Gasteiger partial charge on any atom is 0.435 e. The largest absolute Gasteiger partial charge is 0.454 e. The van der Waals surface area contributed by atoms with E-state index < -0.39 is 17.8 Å². The molecule has 0 saturated heterocycles. The van der Waals surface area contributed by atoms with E-state index in [1.807, 2.05) is 6.07 Å². The average molecular weight is 364 g/mol. The van der Waals surface area contributed by atoms with Crippen molar-refractivity contribution in [2.75, 3.05) is 0 Å². The predicted molar refractivity (Wildman–Crippen MR) is 85.2 cm³/mol. The summed E-state index contributed by atoms with van der Waals surface area (Å²) >= 11 is 0. The summed E-state index contributed by atoms with van der Waals surface area (Å²) in [6.45, 7) is 1.81. The second-order valence-corrected chi connectivity index (χ2v) is 5.64. The number of nitrogens with one attached hydrogen (secondary N) is 1. The van der Waals surface area contributed by atoms with Crippen LogP contribution in [-0.4, -0.2) is 20.7 Å². The fraction of sp³-hybridized carbons (Fsp3) is 0.235. The van der Waals surface area contributed by atoms with Crippen molar-refractivity contribution in [2.24, 2.45) is 0 Å². The van der Waals surface area contributed by atoms with Gasteiger partial charge in [-0.15, -0.1) is 0 Å². The Balaban J connectivity index is 1.64. The molecule has 0 atom stereocenters. The number of carbonyl (C=O) groups is 1. The van der Waals surface area contributed by atoms with Crippen LogP contribution in [0.5, 0.6) is 0 Å². The third-order valence-electron chi connectivity index (χ3n) is 3.64. The smallest absolute Gasteiger partial charge is 0.435 e. The van der Waals surface area contributed by atoms with Gasteiger partial charge in [-0.05, 0) is 36.8 Å². The quantitative estimate of drug-likeness (QED) is 0.755. The normalized spacial score (nSPS) is 11.5. The van der Waals surface area contributed by atoms with Crippen LogP contribution in [-0.2, 0) is 19.3 Å². The molecule has 3 heterocycles. The predicted octanol–water partition coefficient (Wildman–Crippen LogP) is 3.18. The molecular weight excluding hydrogens is 349 g/mol. The Morgan fingerprint density at radius 3 is 2.77 bits per heavy atom. The standard InChI is InChI=1S/C17H15F3N4O2/c1-11-7-15(17(18,19)20)23-24(11)10-13-4-5-14(26-13)16(25)22-9-12-3-2-6-21-8-12/h2-8H,9-10H2,1H3,(H,22,25). The van der Waals surface area contributed by atoms with Gasteiger partial charge in [-0.3, -0.25) is 14.5 Å². The summed E-state index contributed by atoms with van der Waals surface area (Å²) < 4.78 is 44.7. The van der Waals surface area contributed by atoms with E-state index >= 15 is 0 Å². The Hall–Kier alpha value is -3.10. The number of rotatable bonds is 5. The Morgan fingerprint density at radius 1 is 1.31 bits per heavy atom. The molecule has 0 unspecified atom stereocenters. The Morgan fingerprint density at radius 2 is 2.12 bits per heavy atom. The minimum absolute atomic E-state index is 0.00218. The maximum atomic E-state index is 12.7. The summed E-state index contributed by atoms with van der Waals surface area (Å²) in [5.41, 5.74) is 0.215. The molecule has 9 heteroatoms. The zero-order valence-electron chi connectivity index (χ0n) is 13.7. The highest BCUT2D eigenvalue weighted by Gasteiger charge is 2.34. The topological polar surface area (TPSA) is 73.0 Å². The lowest BCUT2D eigenvalue weighted by molar-refractivity contribution is -0.141.